The Morgan fingerprint density at radius 1 is 1.41 bits per heavy atom. The zero-order chi connectivity index (χ0) is 12.3. The van der Waals surface area contributed by atoms with Gasteiger partial charge in [0.1, 0.15) is 0 Å². The van der Waals surface area contributed by atoms with Crippen LogP contribution in [0, 0.1) is 0 Å². The highest BCUT2D eigenvalue weighted by Gasteiger charge is 2.10. The SMILES string of the molecule is C[C@H](N)c1nc(CSc2ccc(Br)cc2)no1. The van der Waals surface area contributed by atoms with Crippen LogP contribution in [0.5, 0.6) is 0 Å². The summed E-state index contributed by atoms with van der Waals surface area (Å²) < 4.78 is 6.10. The van der Waals surface area contributed by atoms with Gasteiger partial charge in [0.2, 0.25) is 5.89 Å². The number of thioether (sulfide) groups is 1. The Labute approximate surface area is 112 Å². The number of halogens is 1. The summed E-state index contributed by atoms with van der Waals surface area (Å²) >= 11 is 5.06. The fourth-order valence-electron chi connectivity index (χ4n) is 1.19. The van der Waals surface area contributed by atoms with Crippen molar-refractivity contribution in [2.24, 2.45) is 5.73 Å². The average molecular weight is 314 g/mol. The molecule has 0 saturated heterocycles. The van der Waals surface area contributed by atoms with Gasteiger partial charge in [0.05, 0.1) is 11.8 Å². The van der Waals surface area contributed by atoms with Crippen LogP contribution in [0.4, 0.5) is 0 Å². The van der Waals surface area contributed by atoms with Crippen LogP contribution in [0.1, 0.15) is 24.7 Å². The second kappa shape index (κ2) is 5.66. The van der Waals surface area contributed by atoms with Gasteiger partial charge in [-0.3, -0.25) is 0 Å². The van der Waals surface area contributed by atoms with Crippen LogP contribution in [0.15, 0.2) is 38.2 Å². The summed E-state index contributed by atoms with van der Waals surface area (Å²) in [6, 6.07) is 7.88. The molecular formula is C11H12BrN3OS. The van der Waals surface area contributed by atoms with Crippen LogP contribution in [0.3, 0.4) is 0 Å². The van der Waals surface area contributed by atoms with Crippen LogP contribution < -0.4 is 5.73 Å². The first-order valence-corrected chi connectivity index (χ1v) is 6.89. The van der Waals surface area contributed by atoms with Gasteiger partial charge in [-0.25, -0.2) is 0 Å². The largest absolute Gasteiger partial charge is 0.338 e. The molecule has 90 valence electrons. The van der Waals surface area contributed by atoms with E-state index in [4.69, 9.17) is 10.3 Å². The second-order valence-corrected chi connectivity index (χ2v) is 5.54. The van der Waals surface area contributed by atoms with E-state index in [0.29, 0.717) is 17.5 Å². The molecular weight excluding hydrogens is 302 g/mol. The smallest absolute Gasteiger partial charge is 0.243 e. The summed E-state index contributed by atoms with van der Waals surface area (Å²) in [5.41, 5.74) is 5.64. The van der Waals surface area contributed by atoms with Gasteiger partial charge in [0, 0.05) is 9.37 Å². The molecule has 17 heavy (non-hydrogen) atoms. The predicted molar refractivity (Wildman–Crippen MR) is 70.6 cm³/mol. The van der Waals surface area contributed by atoms with Crippen LogP contribution in [0.2, 0.25) is 0 Å². The molecule has 1 heterocycles. The van der Waals surface area contributed by atoms with Gasteiger partial charge in [0.15, 0.2) is 5.82 Å². The maximum atomic E-state index is 5.64. The zero-order valence-electron chi connectivity index (χ0n) is 9.26. The third-order valence-electron chi connectivity index (χ3n) is 2.05. The first-order valence-electron chi connectivity index (χ1n) is 5.11. The average Bonchev–Trinajstić information content (AvgIpc) is 2.77. The highest BCUT2D eigenvalue weighted by atomic mass is 79.9. The molecule has 0 saturated carbocycles. The second-order valence-electron chi connectivity index (χ2n) is 3.58. The molecule has 0 bridgehead atoms. The lowest BCUT2D eigenvalue weighted by Gasteiger charge is -1.98. The molecule has 0 radical (unpaired) electrons. The van der Waals surface area contributed by atoms with Gasteiger partial charge in [-0.05, 0) is 31.2 Å². The fourth-order valence-corrected chi connectivity index (χ4v) is 2.20. The lowest BCUT2D eigenvalue weighted by Crippen LogP contribution is -2.05. The molecule has 0 amide bonds. The van der Waals surface area contributed by atoms with Crippen LogP contribution in [0.25, 0.3) is 0 Å². The van der Waals surface area contributed by atoms with Crippen molar-refractivity contribution in [3.8, 4) is 0 Å². The van der Waals surface area contributed by atoms with Crippen molar-refractivity contribution in [2.45, 2.75) is 23.6 Å². The van der Waals surface area contributed by atoms with Gasteiger partial charge in [-0.2, -0.15) is 4.98 Å². The van der Waals surface area contributed by atoms with Gasteiger partial charge in [-0.15, -0.1) is 11.8 Å². The number of aromatic nitrogens is 2. The van der Waals surface area contributed by atoms with Gasteiger partial charge < -0.3 is 10.3 Å². The molecule has 2 N–H and O–H groups in total. The Bertz CT molecular complexity index is 484. The van der Waals surface area contributed by atoms with Crippen LogP contribution in [-0.2, 0) is 5.75 Å². The number of benzene rings is 1. The molecule has 4 nitrogen and oxygen atoms in total. The summed E-state index contributed by atoms with van der Waals surface area (Å²) in [5.74, 6) is 1.83. The van der Waals surface area contributed by atoms with E-state index in [0.717, 1.165) is 4.47 Å². The monoisotopic (exact) mass is 313 g/mol. The number of nitrogens with two attached hydrogens (primary N) is 1. The molecule has 0 aliphatic heterocycles. The summed E-state index contributed by atoms with van der Waals surface area (Å²) in [6.07, 6.45) is 0. The molecule has 6 heteroatoms. The minimum Gasteiger partial charge on any atom is -0.338 e. The summed E-state index contributed by atoms with van der Waals surface area (Å²) in [4.78, 5) is 5.38. The van der Waals surface area contributed by atoms with E-state index >= 15 is 0 Å². The first-order chi connectivity index (χ1) is 8.15. The molecule has 2 aromatic rings. The lowest BCUT2D eigenvalue weighted by molar-refractivity contribution is 0.358. The molecule has 1 atom stereocenters. The van der Waals surface area contributed by atoms with Crippen molar-refractivity contribution < 1.29 is 4.52 Å². The Kier molecular flexibility index (Phi) is 4.20. The number of hydrogen-bond acceptors (Lipinski definition) is 5. The van der Waals surface area contributed by atoms with Gasteiger partial charge in [-0.1, -0.05) is 21.1 Å². The Morgan fingerprint density at radius 2 is 2.12 bits per heavy atom. The van der Waals surface area contributed by atoms with E-state index in [2.05, 4.69) is 26.1 Å². The van der Waals surface area contributed by atoms with Crippen molar-refractivity contribution in [1.29, 1.82) is 0 Å². The quantitative estimate of drug-likeness (QED) is 0.878. The third kappa shape index (κ3) is 3.55. The topological polar surface area (TPSA) is 64.9 Å². The standard InChI is InChI=1S/C11H12BrN3OS/c1-7(13)11-14-10(15-16-11)6-17-9-4-2-8(12)3-5-9/h2-5,7H,6,13H2,1H3/t7-/m0/s1. The minimum absolute atomic E-state index is 0.214. The van der Waals surface area contributed by atoms with Gasteiger partial charge >= 0.3 is 0 Å². The number of hydrogen-bond donors (Lipinski definition) is 1. The summed E-state index contributed by atoms with van der Waals surface area (Å²) in [7, 11) is 0. The van der Waals surface area contributed by atoms with Crippen LogP contribution in [-0.4, -0.2) is 10.1 Å². The van der Waals surface area contributed by atoms with E-state index in [-0.39, 0.29) is 6.04 Å². The van der Waals surface area contributed by atoms with Crippen molar-refractivity contribution in [1.82, 2.24) is 10.1 Å². The van der Waals surface area contributed by atoms with Crippen molar-refractivity contribution in [3.63, 3.8) is 0 Å². The Morgan fingerprint density at radius 3 is 2.71 bits per heavy atom. The first kappa shape index (κ1) is 12.6. The summed E-state index contributed by atoms with van der Waals surface area (Å²) in [5, 5.41) is 3.87. The normalized spacial score (nSPS) is 12.6. The van der Waals surface area contributed by atoms with E-state index in [1.807, 2.05) is 31.2 Å². The fraction of sp³-hybridized carbons (Fsp3) is 0.273. The summed E-state index contributed by atoms with van der Waals surface area (Å²) in [6.45, 7) is 1.82. The van der Waals surface area contributed by atoms with E-state index in [9.17, 15) is 0 Å². The Balaban J connectivity index is 1.95. The van der Waals surface area contributed by atoms with E-state index < -0.39 is 0 Å². The predicted octanol–water partition coefficient (Wildman–Crippen LogP) is 3.14. The highest BCUT2D eigenvalue weighted by Crippen LogP contribution is 2.23. The highest BCUT2D eigenvalue weighted by molar-refractivity contribution is 9.10. The van der Waals surface area contributed by atoms with E-state index in [1.54, 1.807) is 11.8 Å². The maximum Gasteiger partial charge on any atom is 0.243 e. The Hall–Kier alpha value is -0.850. The zero-order valence-corrected chi connectivity index (χ0v) is 11.7. The lowest BCUT2D eigenvalue weighted by atomic mass is 10.4. The minimum atomic E-state index is -0.214. The van der Waals surface area contributed by atoms with E-state index in [1.165, 1.54) is 4.90 Å². The molecule has 0 fully saturated rings. The molecule has 1 aromatic carbocycles. The van der Waals surface area contributed by atoms with Crippen molar-refractivity contribution >= 4 is 27.7 Å². The number of rotatable bonds is 4. The maximum absolute atomic E-state index is 5.64. The molecule has 0 unspecified atom stereocenters. The third-order valence-corrected chi connectivity index (χ3v) is 3.59. The van der Waals surface area contributed by atoms with Crippen molar-refractivity contribution in [3.05, 3.63) is 40.5 Å². The van der Waals surface area contributed by atoms with Crippen LogP contribution >= 0.6 is 27.7 Å². The van der Waals surface area contributed by atoms with Gasteiger partial charge in [0.25, 0.3) is 0 Å². The molecule has 0 aliphatic carbocycles. The molecule has 0 aliphatic rings. The molecule has 2 rings (SSSR count). The number of nitrogens with zero attached hydrogens (tertiary/aromatic N) is 2. The molecule has 1 aromatic heterocycles. The molecule has 0 spiro atoms. The van der Waals surface area contributed by atoms with Crippen molar-refractivity contribution in [2.75, 3.05) is 0 Å².